The van der Waals surface area contributed by atoms with Crippen molar-refractivity contribution in [1.29, 1.82) is 0 Å². The number of amides is 2. The Bertz CT molecular complexity index is 1030. The molecule has 1 aliphatic carbocycles. The Labute approximate surface area is 177 Å². The molecule has 1 aliphatic rings. The molecule has 2 aromatic carbocycles. The summed E-state index contributed by atoms with van der Waals surface area (Å²) in [4.78, 5) is 24.8. The molecule has 2 amide bonds. The van der Waals surface area contributed by atoms with Gasteiger partial charge in [-0.05, 0) is 81.5 Å². The predicted molar refractivity (Wildman–Crippen MR) is 122 cm³/mol. The van der Waals surface area contributed by atoms with Crippen LogP contribution in [0.5, 0.6) is 0 Å². The van der Waals surface area contributed by atoms with Crippen LogP contribution in [0.15, 0.2) is 77.4 Å². The van der Waals surface area contributed by atoms with E-state index in [0.29, 0.717) is 22.7 Å². The minimum absolute atomic E-state index is 0.186. The number of hydrazone groups is 1. The molecular weight excluding hydrogens is 374 g/mol. The summed E-state index contributed by atoms with van der Waals surface area (Å²) in [6.45, 7) is 10.0. The summed E-state index contributed by atoms with van der Waals surface area (Å²) >= 11 is 0. The summed E-state index contributed by atoms with van der Waals surface area (Å²) in [7, 11) is 0. The first-order valence-electron chi connectivity index (χ1n) is 10.0. The molecule has 3 rings (SSSR count). The lowest BCUT2D eigenvalue weighted by molar-refractivity contribution is 0.0954. The third-order valence-corrected chi connectivity index (χ3v) is 5.28. The molecule has 0 aliphatic heterocycles. The maximum Gasteiger partial charge on any atom is 0.271 e. The Hall–Kier alpha value is -3.47. The number of carbonyl (C=O) groups excluding carboxylic acids is 2. The number of benzene rings is 2. The van der Waals surface area contributed by atoms with Gasteiger partial charge in [-0.2, -0.15) is 5.10 Å². The fourth-order valence-electron chi connectivity index (χ4n) is 3.30. The zero-order valence-electron chi connectivity index (χ0n) is 17.7. The average molecular weight is 402 g/mol. The standard InChI is InChI=1S/C25H27N3O2/c1-16(2)20-9-8-18(4)23(15-20)27-28-25(30)19-10-12-22(13-11-19)26-24(29)21-7-5-6-17(3)14-21/h5-8,10-14,20H,1,9,15H2,2-4H3,(H,26,29)(H,28,30)/b27-23-/t20-/m0/s1. The summed E-state index contributed by atoms with van der Waals surface area (Å²) in [5, 5.41) is 7.17. The molecule has 0 radical (unpaired) electrons. The van der Waals surface area contributed by atoms with E-state index in [-0.39, 0.29) is 11.8 Å². The zero-order valence-corrected chi connectivity index (χ0v) is 17.7. The van der Waals surface area contributed by atoms with Crippen LogP contribution in [-0.2, 0) is 0 Å². The maximum absolute atomic E-state index is 12.5. The predicted octanol–water partition coefficient (Wildman–Crippen LogP) is 5.27. The fourth-order valence-corrected chi connectivity index (χ4v) is 3.30. The lowest BCUT2D eigenvalue weighted by Gasteiger charge is -2.22. The summed E-state index contributed by atoms with van der Waals surface area (Å²) in [6, 6.07) is 14.1. The van der Waals surface area contributed by atoms with Crippen molar-refractivity contribution in [2.24, 2.45) is 11.0 Å². The van der Waals surface area contributed by atoms with E-state index in [4.69, 9.17) is 0 Å². The number of nitrogens with zero attached hydrogens (tertiary/aromatic N) is 1. The summed E-state index contributed by atoms with van der Waals surface area (Å²) in [6.07, 6.45) is 3.88. The molecule has 0 aromatic heterocycles. The van der Waals surface area contributed by atoms with Crippen molar-refractivity contribution in [2.75, 3.05) is 5.32 Å². The van der Waals surface area contributed by atoms with Crippen molar-refractivity contribution in [3.63, 3.8) is 0 Å². The first-order valence-corrected chi connectivity index (χ1v) is 10.0. The molecule has 0 spiro atoms. The van der Waals surface area contributed by atoms with Crippen LogP contribution < -0.4 is 10.7 Å². The molecule has 0 bridgehead atoms. The SMILES string of the molecule is C=C(C)[C@H]1CC=C(C)/C(=N\NC(=O)c2ccc(NC(=O)c3cccc(C)c3)cc2)C1. The van der Waals surface area contributed by atoms with Gasteiger partial charge in [0.05, 0.1) is 5.71 Å². The van der Waals surface area contributed by atoms with Crippen molar-refractivity contribution in [2.45, 2.75) is 33.6 Å². The number of hydrogen-bond donors (Lipinski definition) is 2. The molecule has 154 valence electrons. The van der Waals surface area contributed by atoms with Gasteiger partial charge in [-0.25, -0.2) is 5.43 Å². The highest BCUT2D eigenvalue weighted by atomic mass is 16.2. The second kappa shape index (κ2) is 9.35. The fraction of sp³-hybridized carbons (Fsp3) is 0.240. The van der Waals surface area contributed by atoms with Crippen molar-refractivity contribution < 1.29 is 9.59 Å². The van der Waals surface area contributed by atoms with Gasteiger partial charge in [0, 0.05) is 16.8 Å². The maximum atomic E-state index is 12.5. The van der Waals surface area contributed by atoms with Crippen molar-refractivity contribution in [3.8, 4) is 0 Å². The van der Waals surface area contributed by atoms with Crippen LogP contribution in [0.1, 0.15) is 53.0 Å². The molecule has 0 heterocycles. The van der Waals surface area contributed by atoms with Gasteiger partial charge in [-0.1, -0.05) is 35.9 Å². The second-order valence-electron chi connectivity index (χ2n) is 7.77. The first-order chi connectivity index (χ1) is 14.3. The second-order valence-corrected chi connectivity index (χ2v) is 7.77. The van der Waals surface area contributed by atoms with Crippen molar-refractivity contribution in [1.82, 2.24) is 5.43 Å². The van der Waals surface area contributed by atoms with Crippen LogP contribution in [0.3, 0.4) is 0 Å². The minimum Gasteiger partial charge on any atom is -0.322 e. The van der Waals surface area contributed by atoms with Crippen LogP contribution in [0.25, 0.3) is 0 Å². The molecule has 0 unspecified atom stereocenters. The number of hydrogen-bond acceptors (Lipinski definition) is 3. The van der Waals surface area contributed by atoms with Crippen LogP contribution in [0, 0.1) is 12.8 Å². The molecule has 5 heteroatoms. The molecule has 5 nitrogen and oxygen atoms in total. The van der Waals surface area contributed by atoms with Gasteiger partial charge in [0.25, 0.3) is 11.8 Å². The van der Waals surface area contributed by atoms with Crippen LogP contribution in [-0.4, -0.2) is 17.5 Å². The van der Waals surface area contributed by atoms with E-state index in [9.17, 15) is 9.59 Å². The van der Waals surface area contributed by atoms with Crippen LogP contribution in [0.4, 0.5) is 5.69 Å². The molecule has 1 atom stereocenters. The largest absolute Gasteiger partial charge is 0.322 e. The Morgan fingerprint density at radius 3 is 2.43 bits per heavy atom. The molecule has 2 aromatic rings. The molecule has 0 fully saturated rings. The number of aryl methyl sites for hydroxylation is 1. The van der Waals surface area contributed by atoms with E-state index in [1.807, 2.05) is 39.0 Å². The number of rotatable bonds is 5. The van der Waals surface area contributed by atoms with Gasteiger partial charge in [0.1, 0.15) is 0 Å². The number of carbonyl (C=O) groups is 2. The Morgan fingerprint density at radius 2 is 1.77 bits per heavy atom. The molecule has 0 saturated carbocycles. The monoisotopic (exact) mass is 401 g/mol. The van der Waals surface area contributed by atoms with Crippen molar-refractivity contribution >= 4 is 23.2 Å². The average Bonchev–Trinajstić information content (AvgIpc) is 2.73. The Morgan fingerprint density at radius 1 is 1.03 bits per heavy atom. The normalized spacial score (nSPS) is 17.2. The zero-order chi connectivity index (χ0) is 21.7. The molecular formula is C25H27N3O2. The van der Waals surface area contributed by atoms with E-state index in [1.54, 1.807) is 30.3 Å². The van der Waals surface area contributed by atoms with Gasteiger partial charge >= 0.3 is 0 Å². The van der Waals surface area contributed by atoms with E-state index in [1.165, 1.54) is 0 Å². The lowest BCUT2D eigenvalue weighted by Crippen LogP contribution is -2.23. The highest BCUT2D eigenvalue weighted by Gasteiger charge is 2.19. The van der Waals surface area contributed by atoms with Gasteiger partial charge < -0.3 is 5.32 Å². The lowest BCUT2D eigenvalue weighted by atomic mass is 9.85. The van der Waals surface area contributed by atoms with Crippen molar-refractivity contribution in [3.05, 3.63) is 89.0 Å². The van der Waals surface area contributed by atoms with Gasteiger partial charge in [-0.15, -0.1) is 0 Å². The molecule has 2 N–H and O–H groups in total. The highest BCUT2D eigenvalue weighted by molar-refractivity contribution is 6.05. The Balaban J connectivity index is 1.62. The van der Waals surface area contributed by atoms with Crippen LogP contribution in [0.2, 0.25) is 0 Å². The quantitative estimate of drug-likeness (QED) is 0.529. The highest BCUT2D eigenvalue weighted by Crippen LogP contribution is 2.26. The molecule has 0 saturated heterocycles. The van der Waals surface area contributed by atoms with E-state index in [0.717, 1.165) is 35.3 Å². The first kappa shape index (κ1) is 21.2. The Kier molecular flexibility index (Phi) is 6.62. The number of allylic oxidation sites excluding steroid dienone is 3. The minimum atomic E-state index is -0.288. The third-order valence-electron chi connectivity index (χ3n) is 5.28. The van der Waals surface area contributed by atoms with E-state index in [2.05, 4.69) is 28.5 Å². The summed E-state index contributed by atoms with van der Waals surface area (Å²) < 4.78 is 0. The summed E-state index contributed by atoms with van der Waals surface area (Å²) in [5.74, 6) is -0.112. The number of anilines is 1. The van der Waals surface area contributed by atoms with Gasteiger partial charge in [0.15, 0.2) is 0 Å². The molecule has 30 heavy (non-hydrogen) atoms. The van der Waals surface area contributed by atoms with Gasteiger partial charge in [0.2, 0.25) is 0 Å². The van der Waals surface area contributed by atoms with Crippen LogP contribution >= 0.6 is 0 Å². The smallest absolute Gasteiger partial charge is 0.271 e. The topological polar surface area (TPSA) is 70.6 Å². The van der Waals surface area contributed by atoms with E-state index >= 15 is 0 Å². The number of nitrogens with one attached hydrogen (secondary N) is 2. The summed E-state index contributed by atoms with van der Waals surface area (Å²) in [5.41, 5.74) is 8.45. The van der Waals surface area contributed by atoms with Gasteiger partial charge in [-0.3, -0.25) is 9.59 Å². The third kappa shape index (κ3) is 5.32. The van der Waals surface area contributed by atoms with E-state index < -0.39 is 0 Å².